The standard InChI is InChI=1S/C17H16N4O3/c22-14(23)8-13(10-4-2-1-3-5-10)21-16-12(19-17(21)24)9-18-15(20-16)11-6-7-11/h1-5,9,11,13H,6-8H2,(H,19,24)(H,22,23)/t13-/m1/s1. The number of nitrogens with one attached hydrogen (secondary N) is 1. The van der Waals surface area contributed by atoms with Crippen molar-refractivity contribution in [3.63, 3.8) is 0 Å². The summed E-state index contributed by atoms with van der Waals surface area (Å²) < 4.78 is 1.44. The fourth-order valence-corrected chi connectivity index (χ4v) is 2.96. The number of fused-ring (bicyclic) bond motifs is 1. The van der Waals surface area contributed by atoms with Crippen LogP contribution in [0, 0.1) is 0 Å². The van der Waals surface area contributed by atoms with Gasteiger partial charge in [-0.15, -0.1) is 0 Å². The van der Waals surface area contributed by atoms with Crippen LogP contribution in [0.5, 0.6) is 0 Å². The van der Waals surface area contributed by atoms with E-state index < -0.39 is 12.0 Å². The highest BCUT2D eigenvalue weighted by Gasteiger charge is 2.28. The number of aromatic nitrogens is 4. The van der Waals surface area contributed by atoms with Gasteiger partial charge in [-0.2, -0.15) is 0 Å². The first-order valence-electron chi connectivity index (χ1n) is 7.87. The average Bonchev–Trinajstić information content (AvgIpc) is 3.36. The summed E-state index contributed by atoms with van der Waals surface area (Å²) >= 11 is 0. The van der Waals surface area contributed by atoms with Crippen LogP contribution in [0.3, 0.4) is 0 Å². The number of H-pyrrole nitrogens is 1. The number of hydrogen-bond donors (Lipinski definition) is 2. The second-order valence-electron chi connectivity index (χ2n) is 6.06. The maximum Gasteiger partial charge on any atom is 0.328 e. The van der Waals surface area contributed by atoms with Crippen molar-refractivity contribution in [2.75, 3.05) is 0 Å². The number of carboxylic acid groups (broad SMARTS) is 1. The van der Waals surface area contributed by atoms with Crippen LogP contribution >= 0.6 is 0 Å². The van der Waals surface area contributed by atoms with Gasteiger partial charge in [0.2, 0.25) is 0 Å². The van der Waals surface area contributed by atoms with E-state index >= 15 is 0 Å². The smallest absolute Gasteiger partial charge is 0.328 e. The minimum Gasteiger partial charge on any atom is -0.481 e. The average molecular weight is 324 g/mol. The molecule has 1 aliphatic carbocycles. The summed E-state index contributed by atoms with van der Waals surface area (Å²) in [6.45, 7) is 0. The molecule has 3 aromatic rings. The van der Waals surface area contributed by atoms with E-state index in [-0.39, 0.29) is 12.1 Å². The first-order chi connectivity index (χ1) is 11.6. The highest BCUT2D eigenvalue weighted by molar-refractivity contribution is 5.72. The van der Waals surface area contributed by atoms with Gasteiger partial charge in [-0.25, -0.2) is 14.8 Å². The Morgan fingerprint density at radius 2 is 2.08 bits per heavy atom. The summed E-state index contributed by atoms with van der Waals surface area (Å²) in [6, 6.07) is 8.53. The molecule has 0 saturated heterocycles. The van der Waals surface area contributed by atoms with Crippen molar-refractivity contribution in [2.24, 2.45) is 0 Å². The molecule has 1 aromatic carbocycles. The van der Waals surface area contributed by atoms with E-state index in [9.17, 15) is 14.7 Å². The van der Waals surface area contributed by atoms with Crippen LogP contribution in [0.2, 0.25) is 0 Å². The van der Waals surface area contributed by atoms with Crippen LogP contribution in [0.1, 0.15) is 42.6 Å². The zero-order valence-electron chi connectivity index (χ0n) is 12.8. The van der Waals surface area contributed by atoms with Gasteiger partial charge < -0.3 is 10.1 Å². The molecule has 0 radical (unpaired) electrons. The normalized spacial score (nSPS) is 15.5. The number of benzene rings is 1. The second kappa shape index (κ2) is 5.59. The van der Waals surface area contributed by atoms with Crippen molar-refractivity contribution < 1.29 is 9.90 Å². The molecule has 2 heterocycles. The molecule has 0 bridgehead atoms. The third-order valence-electron chi connectivity index (χ3n) is 4.28. The zero-order valence-corrected chi connectivity index (χ0v) is 12.8. The van der Waals surface area contributed by atoms with E-state index in [2.05, 4.69) is 15.0 Å². The summed E-state index contributed by atoms with van der Waals surface area (Å²) in [5, 5.41) is 9.30. The Balaban J connectivity index is 1.90. The zero-order chi connectivity index (χ0) is 16.7. The van der Waals surface area contributed by atoms with Gasteiger partial charge in [0.15, 0.2) is 5.65 Å². The lowest BCUT2D eigenvalue weighted by Crippen LogP contribution is -2.25. The Bertz CT molecular complexity index is 957. The first kappa shape index (κ1) is 14.6. The van der Waals surface area contributed by atoms with Crippen molar-refractivity contribution in [2.45, 2.75) is 31.2 Å². The Morgan fingerprint density at radius 1 is 1.33 bits per heavy atom. The van der Waals surface area contributed by atoms with Crippen LogP contribution in [0.25, 0.3) is 11.2 Å². The largest absolute Gasteiger partial charge is 0.481 e. The Hall–Kier alpha value is -2.96. The SMILES string of the molecule is O=C(O)C[C@H](c1ccccc1)n1c(=O)[nH]c2cnc(C3CC3)nc21. The lowest BCUT2D eigenvalue weighted by molar-refractivity contribution is -0.137. The number of carbonyl (C=O) groups is 1. The van der Waals surface area contributed by atoms with Crippen molar-refractivity contribution >= 4 is 17.1 Å². The molecular weight excluding hydrogens is 308 g/mol. The molecule has 1 saturated carbocycles. The van der Waals surface area contributed by atoms with Crippen molar-refractivity contribution in [1.29, 1.82) is 0 Å². The number of nitrogens with zero attached hydrogens (tertiary/aromatic N) is 3. The number of hydrogen-bond acceptors (Lipinski definition) is 4. The molecule has 7 nitrogen and oxygen atoms in total. The van der Waals surface area contributed by atoms with Gasteiger partial charge in [0.1, 0.15) is 11.3 Å². The second-order valence-corrected chi connectivity index (χ2v) is 6.06. The topological polar surface area (TPSA) is 101 Å². The third kappa shape index (κ3) is 2.58. The minimum atomic E-state index is -0.971. The number of aromatic amines is 1. The highest BCUT2D eigenvalue weighted by Crippen LogP contribution is 2.38. The van der Waals surface area contributed by atoms with E-state index in [4.69, 9.17) is 0 Å². The van der Waals surface area contributed by atoms with Crippen LogP contribution in [0.4, 0.5) is 0 Å². The number of carboxylic acids is 1. The Kier molecular flexibility index (Phi) is 3.41. The monoisotopic (exact) mass is 324 g/mol. The van der Waals surface area contributed by atoms with Crippen LogP contribution < -0.4 is 5.69 Å². The molecule has 2 aromatic heterocycles. The van der Waals surface area contributed by atoms with Gasteiger partial charge in [-0.1, -0.05) is 30.3 Å². The van der Waals surface area contributed by atoms with E-state index in [1.54, 1.807) is 6.20 Å². The fourth-order valence-electron chi connectivity index (χ4n) is 2.96. The quantitative estimate of drug-likeness (QED) is 0.748. The lowest BCUT2D eigenvalue weighted by atomic mass is 10.0. The molecule has 122 valence electrons. The summed E-state index contributed by atoms with van der Waals surface area (Å²) in [5.41, 5.74) is 1.37. The molecule has 0 aliphatic heterocycles. The molecule has 24 heavy (non-hydrogen) atoms. The predicted molar refractivity (Wildman–Crippen MR) is 87.0 cm³/mol. The number of aliphatic carboxylic acids is 1. The van der Waals surface area contributed by atoms with Gasteiger partial charge in [0.05, 0.1) is 18.7 Å². The molecule has 7 heteroatoms. The van der Waals surface area contributed by atoms with Gasteiger partial charge in [-0.05, 0) is 18.4 Å². The van der Waals surface area contributed by atoms with Crippen LogP contribution in [-0.2, 0) is 4.79 Å². The molecule has 0 spiro atoms. The summed E-state index contributed by atoms with van der Waals surface area (Å²) in [7, 11) is 0. The summed E-state index contributed by atoms with van der Waals surface area (Å²) in [6.07, 6.45) is 3.52. The number of rotatable bonds is 5. The van der Waals surface area contributed by atoms with Crippen molar-refractivity contribution in [3.05, 3.63) is 58.4 Å². The van der Waals surface area contributed by atoms with E-state index in [1.807, 2.05) is 30.3 Å². The molecule has 0 amide bonds. The van der Waals surface area contributed by atoms with Crippen molar-refractivity contribution in [3.8, 4) is 0 Å². The molecule has 1 fully saturated rings. The highest BCUT2D eigenvalue weighted by atomic mass is 16.4. The first-order valence-corrected chi connectivity index (χ1v) is 7.87. The van der Waals surface area contributed by atoms with E-state index in [0.29, 0.717) is 17.1 Å². The van der Waals surface area contributed by atoms with E-state index in [1.165, 1.54) is 4.57 Å². The lowest BCUT2D eigenvalue weighted by Gasteiger charge is -2.17. The van der Waals surface area contributed by atoms with Gasteiger partial charge >= 0.3 is 11.7 Å². The summed E-state index contributed by atoms with van der Waals surface area (Å²) in [5.74, 6) is 0.0986. The molecule has 1 aliphatic rings. The molecular formula is C17H16N4O3. The van der Waals surface area contributed by atoms with Crippen molar-refractivity contribution in [1.82, 2.24) is 19.5 Å². The molecule has 4 rings (SSSR count). The molecule has 1 atom stereocenters. The molecule has 0 unspecified atom stereocenters. The number of imidazole rings is 1. The van der Waals surface area contributed by atoms with Gasteiger partial charge in [0, 0.05) is 5.92 Å². The van der Waals surface area contributed by atoms with E-state index in [0.717, 1.165) is 24.2 Å². The minimum absolute atomic E-state index is 0.195. The van der Waals surface area contributed by atoms with Crippen LogP contribution in [0.15, 0.2) is 41.3 Å². The fraction of sp³-hybridized carbons (Fsp3) is 0.294. The predicted octanol–water partition coefficient (Wildman–Crippen LogP) is 2.06. The molecule has 2 N–H and O–H groups in total. The Morgan fingerprint density at radius 3 is 2.75 bits per heavy atom. The van der Waals surface area contributed by atoms with Gasteiger partial charge in [-0.3, -0.25) is 9.36 Å². The Labute approximate surface area is 137 Å². The van der Waals surface area contributed by atoms with Crippen LogP contribution in [-0.4, -0.2) is 30.6 Å². The van der Waals surface area contributed by atoms with Gasteiger partial charge in [0.25, 0.3) is 0 Å². The third-order valence-corrected chi connectivity index (χ3v) is 4.28. The maximum absolute atomic E-state index is 12.5. The maximum atomic E-state index is 12.5. The summed E-state index contributed by atoms with van der Waals surface area (Å²) in [4.78, 5) is 35.4.